The molecule has 0 amide bonds. The lowest BCUT2D eigenvalue weighted by molar-refractivity contribution is -0.147. The van der Waals surface area contributed by atoms with Crippen molar-refractivity contribution in [2.24, 2.45) is 0 Å². The van der Waals surface area contributed by atoms with Crippen LogP contribution in [0.1, 0.15) is 16.7 Å². The predicted molar refractivity (Wildman–Crippen MR) is 51.0 cm³/mol. The highest BCUT2D eigenvalue weighted by atomic mass is 19.4. The van der Waals surface area contributed by atoms with Crippen molar-refractivity contribution in [1.29, 1.82) is 0 Å². The average Bonchev–Trinajstić information content (AvgIpc) is 2.23. The number of anilines is 1. The van der Waals surface area contributed by atoms with Crippen molar-refractivity contribution < 1.29 is 39.5 Å². The summed E-state index contributed by atoms with van der Waals surface area (Å²) in [7, 11) is 0.757. The summed E-state index contributed by atoms with van der Waals surface area (Å²) in [6, 6.07) is -0.720. The highest BCUT2D eigenvalue weighted by molar-refractivity contribution is 5.61. The van der Waals surface area contributed by atoms with E-state index in [2.05, 4.69) is 0 Å². The van der Waals surface area contributed by atoms with Crippen LogP contribution in [-0.2, 0) is 18.5 Å². The Labute approximate surface area is 106 Å². The Morgan fingerprint density at radius 3 is 1.25 bits per heavy atom. The molecule has 0 unspecified atom stereocenters. The van der Waals surface area contributed by atoms with E-state index in [1.165, 1.54) is 0 Å². The smallest absolute Gasteiger partial charge is 0.387 e. The van der Waals surface area contributed by atoms with Crippen LogP contribution in [0.4, 0.5) is 45.2 Å². The highest BCUT2D eigenvalue weighted by Crippen LogP contribution is 2.45. The maximum Gasteiger partial charge on any atom is 0.418 e. The fourth-order valence-electron chi connectivity index (χ4n) is 1.52. The fraction of sp³-hybridized carbons (Fsp3) is 0.400. The first kappa shape index (κ1) is 16.4. The third kappa shape index (κ3) is 3.28. The van der Waals surface area contributed by atoms with Crippen LogP contribution in [0.3, 0.4) is 0 Å². The van der Waals surface area contributed by atoms with E-state index in [0.717, 1.165) is 7.05 Å². The molecule has 1 N–H and O–H groups in total. The van der Waals surface area contributed by atoms with Gasteiger partial charge < -0.3 is 5.32 Å². The Hall–Kier alpha value is -1.61. The molecule has 114 valence electrons. The molecule has 1 aromatic carbocycles. The summed E-state index contributed by atoms with van der Waals surface area (Å²) < 4.78 is 113. The summed E-state index contributed by atoms with van der Waals surface area (Å²) in [5.74, 6) is 0. The Morgan fingerprint density at radius 1 is 0.700 bits per heavy atom. The zero-order valence-corrected chi connectivity index (χ0v) is 9.56. The quantitative estimate of drug-likeness (QED) is 0.736. The third-order valence-electron chi connectivity index (χ3n) is 2.33. The summed E-state index contributed by atoms with van der Waals surface area (Å²) in [6.45, 7) is 0. The van der Waals surface area contributed by atoms with Gasteiger partial charge in [0.1, 0.15) is 0 Å². The summed E-state index contributed by atoms with van der Waals surface area (Å²) in [6.07, 6.45) is -16.1. The molecule has 0 aromatic heterocycles. The van der Waals surface area contributed by atoms with Crippen LogP contribution in [-0.4, -0.2) is 7.05 Å². The minimum absolute atomic E-state index is 0.360. The minimum atomic E-state index is -5.36. The molecule has 1 rings (SSSR count). The van der Waals surface area contributed by atoms with Crippen molar-refractivity contribution >= 4 is 5.69 Å². The second-order valence-electron chi connectivity index (χ2n) is 3.69. The van der Waals surface area contributed by atoms with Gasteiger partial charge in [0.25, 0.3) is 0 Å². The molecule has 0 heterocycles. The number of hydrogen-bond donors (Lipinski definition) is 1. The number of alkyl halides is 9. The minimum Gasteiger partial charge on any atom is -0.387 e. The standard InChI is InChI=1S/C10H6F9N/c1-20-7-5(9(14,15)16)2-4(8(11,12)13)3-6(7)10(17,18)19/h2-3,20H,1H3. The Morgan fingerprint density at radius 2 is 1.05 bits per heavy atom. The van der Waals surface area contributed by atoms with Gasteiger partial charge in [-0.3, -0.25) is 0 Å². The molecule has 0 saturated carbocycles. The normalized spacial score (nSPS) is 13.5. The molecule has 0 radical (unpaired) electrons. The van der Waals surface area contributed by atoms with Crippen molar-refractivity contribution in [3.63, 3.8) is 0 Å². The number of benzene rings is 1. The van der Waals surface area contributed by atoms with Crippen molar-refractivity contribution in [2.45, 2.75) is 18.5 Å². The van der Waals surface area contributed by atoms with E-state index in [-0.39, 0.29) is 12.1 Å². The van der Waals surface area contributed by atoms with Gasteiger partial charge in [0.05, 0.1) is 22.4 Å². The van der Waals surface area contributed by atoms with E-state index in [4.69, 9.17) is 0 Å². The van der Waals surface area contributed by atoms with Gasteiger partial charge in [0, 0.05) is 7.05 Å². The summed E-state index contributed by atoms with van der Waals surface area (Å²) >= 11 is 0. The van der Waals surface area contributed by atoms with Crippen LogP contribution in [0.15, 0.2) is 12.1 Å². The van der Waals surface area contributed by atoms with E-state index in [9.17, 15) is 39.5 Å². The fourth-order valence-corrected chi connectivity index (χ4v) is 1.52. The maximum atomic E-state index is 12.6. The van der Waals surface area contributed by atoms with Crippen LogP contribution in [0.25, 0.3) is 0 Å². The summed E-state index contributed by atoms with van der Waals surface area (Å²) in [5.41, 5.74) is -7.52. The van der Waals surface area contributed by atoms with Gasteiger partial charge in [0.2, 0.25) is 0 Å². The molecule has 0 aliphatic heterocycles. The first-order valence-corrected chi connectivity index (χ1v) is 4.86. The Kier molecular flexibility index (Phi) is 3.90. The largest absolute Gasteiger partial charge is 0.418 e. The summed E-state index contributed by atoms with van der Waals surface area (Å²) in [5, 5.41) is 1.65. The second-order valence-corrected chi connectivity index (χ2v) is 3.69. The maximum absolute atomic E-state index is 12.6. The molecule has 0 aliphatic rings. The lowest BCUT2D eigenvalue weighted by atomic mass is 10.0. The molecular weight excluding hydrogens is 305 g/mol. The molecule has 0 atom stereocenters. The van der Waals surface area contributed by atoms with Crippen LogP contribution in [0.2, 0.25) is 0 Å². The van der Waals surface area contributed by atoms with E-state index in [1.54, 1.807) is 5.32 Å². The van der Waals surface area contributed by atoms with Crippen LogP contribution in [0, 0.1) is 0 Å². The molecule has 0 spiro atoms. The van der Waals surface area contributed by atoms with E-state index in [0.29, 0.717) is 0 Å². The molecule has 0 saturated heterocycles. The molecule has 0 aliphatic carbocycles. The molecule has 20 heavy (non-hydrogen) atoms. The van der Waals surface area contributed by atoms with E-state index >= 15 is 0 Å². The van der Waals surface area contributed by atoms with Gasteiger partial charge in [-0.2, -0.15) is 39.5 Å². The van der Waals surface area contributed by atoms with Gasteiger partial charge in [-0.15, -0.1) is 0 Å². The van der Waals surface area contributed by atoms with Crippen LogP contribution < -0.4 is 5.32 Å². The zero-order chi connectivity index (χ0) is 15.9. The number of halogens is 9. The Balaban J connectivity index is 3.75. The number of rotatable bonds is 1. The molecule has 0 fully saturated rings. The molecule has 10 heteroatoms. The van der Waals surface area contributed by atoms with E-state index < -0.39 is 40.9 Å². The SMILES string of the molecule is CNc1c(C(F)(F)F)cc(C(F)(F)F)cc1C(F)(F)F. The highest BCUT2D eigenvalue weighted by Gasteiger charge is 2.44. The van der Waals surface area contributed by atoms with Crippen molar-refractivity contribution in [2.75, 3.05) is 12.4 Å². The van der Waals surface area contributed by atoms with Crippen molar-refractivity contribution in [1.82, 2.24) is 0 Å². The topological polar surface area (TPSA) is 12.0 Å². The van der Waals surface area contributed by atoms with Crippen LogP contribution in [0.5, 0.6) is 0 Å². The number of hydrogen-bond acceptors (Lipinski definition) is 1. The van der Waals surface area contributed by atoms with Crippen molar-refractivity contribution in [3.8, 4) is 0 Å². The molecule has 1 aromatic rings. The van der Waals surface area contributed by atoms with Gasteiger partial charge in [-0.25, -0.2) is 0 Å². The van der Waals surface area contributed by atoms with Crippen LogP contribution >= 0.6 is 0 Å². The van der Waals surface area contributed by atoms with E-state index in [1.807, 2.05) is 0 Å². The summed E-state index contributed by atoms with van der Waals surface area (Å²) in [4.78, 5) is 0. The molecular formula is C10H6F9N. The third-order valence-corrected chi connectivity index (χ3v) is 2.33. The first-order valence-electron chi connectivity index (χ1n) is 4.86. The number of nitrogens with one attached hydrogen (secondary N) is 1. The zero-order valence-electron chi connectivity index (χ0n) is 9.56. The first-order chi connectivity index (χ1) is 8.78. The molecule has 1 nitrogen and oxygen atoms in total. The monoisotopic (exact) mass is 311 g/mol. The lowest BCUT2D eigenvalue weighted by Gasteiger charge is -2.20. The second kappa shape index (κ2) is 4.74. The lowest BCUT2D eigenvalue weighted by Crippen LogP contribution is -2.19. The molecule has 0 bridgehead atoms. The van der Waals surface area contributed by atoms with Gasteiger partial charge >= 0.3 is 18.5 Å². The predicted octanol–water partition coefficient (Wildman–Crippen LogP) is 4.78. The van der Waals surface area contributed by atoms with Gasteiger partial charge in [-0.1, -0.05) is 0 Å². The van der Waals surface area contributed by atoms with Gasteiger partial charge in [0.15, 0.2) is 0 Å². The van der Waals surface area contributed by atoms with Crippen molar-refractivity contribution in [3.05, 3.63) is 28.8 Å². The Bertz CT molecular complexity index is 460. The average molecular weight is 311 g/mol. The van der Waals surface area contributed by atoms with Gasteiger partial charge in [-0.05, 0) is 12.1 Å².